The molecule has 0 atom stereocenters. The van der Waals surface area contributed by atoms with E-state index in [0.29, 0.717) is 5.41 Å². The van der Waals surface area contributed by atoms with Crippen molar-refractivity contribution in [3.05, 3.63) is 0 Å². The van der Waals surface area contributed by atoms with Gasteiger partial charge in [-0.15, -0.1) is 5.21 Å². The van der Waals surface area contributed by atoms with E-state index in [1.807, 2.05) is 0 Å². The van der Waals surface area contributed by atoms with E-state index in [-0.39, 0.29) is 0 Å². The Balaban J connectivity index is 2.47. The minimum absolute atomic E-state index is 0.397. The molecular formula is C10H18NO. The van der Waals surface area contributed by atoms with E-state index >= 15 is 0 Å². The summed E-state index contributed by atoms with van der Waals surface area (Å²) < 4.78 is 0. The summed E-state index contributed by atoms with van der Waals surface area (Å²) in [7, 11) is 0. The molecule has 0 heterocycles. The fourth-order valence-electron chi connectivity index (χ4n) is 1.91. The second-order valence-electron chi connectivity index (χ2n) is 4.80. The lowest BCUT2D eigenvalue weighted by atomic mass is 9.72. The Morgan fingerprint density at radius 2 is 1.75 bits per heavy atom. The van der Waals surface area contributed by atoms with Crippen LogP contribution in [-0.2, 0) is 5.21 Å². The van der Waals surface area contributed by atoms with E-state index in [1.54, 1.807) is 0 Å². The zero-order valence-corrected chi connectivity index (χ0v) is 8.26. The summed E-state index contributed by atoms with van der Waals surface area (Å²) in [5, 5.41) is 13.3. The molecule has 1 aliphatic carbocycles. The van der Waals surface area contributed by atoms with Gasteiger partial charge in [0.25, 0.3) is 0 Å². The minimum Gasteiger partial charge on any atom is -0.145 e. The summed E-state index contributed by atoms with van der Waals surface area (Å²) in [6.07, 6.45) is 4.13. The average Bonchev–Trinajstić information content (AvgIpc) is 2.03. The second kappa shape index (κ2) is 3.46. The Labute approximate surface area is 74.7 Å². The van der Waals surface area contributed by atoms with Crippen LogP contribution in [0.3, 0.4) is 0 Å². The second-order valence-corrected chi connectivity index (χ2v) is 4.80. The molecule has 1 rings (SSSR count). The third-order valence-corrected chi connectivity index (χ3v) is 2.92. The Bertz CT molecular complexity index is 169. The molecule has 1 radical (unpaired) electrons. The molecule has 1 aliphatic rings. The van der Waals surface area contributed by atoms with Crippen molar-refractivity contribution in [2.75, 3.05) is 0 Å². The van der Waals surface area contributed by atoms with Gasteiger partial charge in [0.1, 0.15) is 0 Å². The van der Waals surface area contributed by atoms with E-state index in [9.17, 15) is 5.21 Å². The van der Waals surface area contributed by atoms with Crippen molar-refractivity contribution in [2.45, 2.75) is 46.5 Å². The van der Waals surface area contributed by atoms with Gasteiger partial charge in [0.05, 0.1) is 5.71 Å². The van der Waals surface area contributed by atoms with Crippen LogP contribution in [0.4, 0.5) is 0 Å². The summed E-state index contributed by atoms with van der Waals surface area (Å²) >= 11 is 0. The van der Waals surface area contributed by atoms with E-state index in [2.05, 4.69) is 25.9 Å². The van der Waals surface area contributed by atoms with Crippen molar-refractivity contribution in [1.82, 2.24) is 0 Å². The molecule has 0 aromatic rings. The van der Waals surface area contributed by atoms with Crippen LogP contribution >= 0.6 is 0 Å². The van der Waals surface area contributed by atoms with E-state index in [4.69, 9.17) is 0 Å². The Kier molecular flexibility index (Phi) is 2.76. The number of hydrogen-bond donors (Lipinski definition) is 0. The quantitative estimate of drug-likeness (QED) is 0.498. The van der Waals surface area contributed by atoms with Gasteiger partial charge < -0.3 is 0 Å². The fourth-order valence-corrected chi connectivity index (χ4v) is 1.91. The molecule has 1 saturated carbocycles. The van der Waals surface area contributed by atoms with Gasteiger partial charge in [0.2, 0.25) is 0 Å². The van der Waals surface area contributed by atoms with Gasteiger partial charge in [0.15, 0.2) is 0 Å². The number of hydrogen-bond acceptors (Lipinski definition) is 1. The molecule has 0 bridgehead atoms. The van der Waals surface area contributed by atoms with E-state index < -0.39 is 0 Å². The first-order valence-corrected chi connectivity index (χ1v) is 4.72. The molecule has 0 saturated heterocycles. The lowest BCUT2D eigenvalue weighted by Crippen LogP contribution is -2.25. The molecule has 0 aromatic carbocycles. The van der Waals surface area contributed by atoms with Gasteiger partial charge in [-0.1, -0.05) is 20.8 Å². The summed E-state index contributed by atoms with van der Waals surface area (Å²) in [4.78, 5) is 0. The van der Waals surface area contributed by atoms with Gasteiger partial charge in [-0.05, 0) is 42.2 Å². The molecule has 0 N–H and O–H groups in total. The highest BCUT2D eigenvalue weighted by Crippen LogP contribution is 2.36. The van der Waals surface area contributed by atoms with Crippen LogP contribution in [0.25, 0.3) is 0 Å². The van der Waals surface area contributed by atoms with Gasteiger partial charge in [-0.3, -0.25) is 0 Å². The van der Waals surface area contributed by atoms with Crippen LogP contribution in [0.1, 0.15) is 46.5 Å². The maximum Gasteiger partial charge on any atom is 0.0624 e. The van der Waals surface area contributed by atoms with Crippen molar-refractivity contribution in [3.63, 3.8) is 0 Å². The maximum atomic E-state index is 10.2. The van der Waals surface area contributed by atoms with Crippen molar-refractivity contribution in [2.24, 2.45) is 16.5 Å². The molecule has 0 aliphatic heterocycles. The molecule has 2 heteroatoms. The molecule has 12 heavy (non-hydrogen) atoms. The fraction of sp³-hybridized carbons (Fsp3) is 0.900. The Morgan fingerprint density at radius 3 is 2.08 bits per heavy atom. The first-order valence-electron chi connectivity index (χ1n) is 4.72. The lowest BCUT2D eigenvalue weighted by Gasteiger charge is -2.33. The van der Waals surface area contributed by atoms with Gasteiger partial charge in [-0.25, -0.2) is 0 Å². The van der Waals surface area contributed by atoms with Gasteiger partial charge in [-0.2, -0.15) is 0 Å². The highest BCUT2D eigenvalue weighted by atomic mass is 16.4. The molecule has 0 spiro atoms. The zero-order chi connectivity index (χ0) is 9.19. The monoisotopic (exact) mass is 168 g/mol. The molecule has 0 amide bonds. The molecule has 0 aromatic heterocycles. The van der Waals surface area contributed by atoms with Crippen LogP contribution in [0, 0.1) is 11.3 Å². The highest BCUT2D eigenvalue weighted by Gasteiger charge is 2.28. The van der Waals surface area contributed by atoms with Gasteiger partial charge >= 0.3 is 0 Å². The molecular weight excluding hydrogens is 150 g/mol. The van der Waals surface area contributed by atoms with E-state index in [1.165, 1.54) is 0 Å². The predicted octanol–water partition coefficient (Wildman–Crippen LogP) is 3.01. The summed E-state index contributed by atoms with van der Waals surface area (Å²) in [5.41, 5.74) is 1.27. The third kappa shape index (κ3) is 2.23. The Hall–Kier alpha value is -0.530. The summed E-state index contributed by atoms with van der Waals surface area (Å²) in [6.45, 7) is 6.82. The largest absolute Gasteiger partial charge is 0.145 e. The van der Waals surface area contributed by atoms with Crippen molar-refractivity contribution in [1.29, 1.82) is 0 Å². The first kappa shape index (κ1) is 9.56. The molecule has 0 unspecified atom stereocenters. The van der Waals surface area contributed by atoms with Crippen LogP contribution in [0.15, 0.2) is 5.16 Å². The SMILES string of the molecule is CC(C)(C)C1CCC(=N[O])CC1. The number of nitrogens with zero attached hydrogens (tertiary/aromatic N) is 1. The first-order chi connectivity index (χ1) is 5.54. The van der Waals surface area contributed by atoms with Gasteiger partial charge in [0, 0.05) is 0 Å². The normalized spacial score (nSPS) is 25.6. The predicted molar refractivity (Wildman–Crippen MR) is 49.5 cm³/mol. The molecule has 1 fully saturated rings. The zero-order valence-electron chi connectivity index (χ0n) is 8.26. The molecule has 69 valence electrons. The standard InChI is InChI=1S/C10H18NO/c1-10(2,3)8-4-6-9(11-12)7-5-8/h8H,4-7H2,1-3H3. The Morgan fingerprint density at radius 1 is 1.25 bits per heavy atom. The lowest BCUT2D eigenvalue weighted by molar-refractivity contribution is 0.189. The summed E-state index contributed by atoms with van der Waals surface area (Å²) in [6, 6.07) is 0. The van der Waals surface area contributed by atoms with Crippen LogP contribution < -0.4 is 0 Å². The maximum absolute atomic E-state index is 10.2. The molecule has 2 nitrogen and oxygen atoms in total. The third-order valence-electron chi connectivity index (χ3n) is 2.92. The van der Waals surface area contributed by atoms with Crippen molar-refractivity contribution in [3.8, 4) is 0 Å². The minimum atomic E-state index is 0.397. The van der Waals surface area contributed by atoms with Crippen molar-refractivity contribution >= 4 is 5.71 Å². The number of rotatable bonds is 0. The average molecular weight is 168 g/mol. The van der Waals surface area contributed by atoms with Crippen LogP contribution in [0.2, 0.25) is 0 Å². The topological polar surface area (TPSA) is 32.3 Å². The highest BCUT2D eigenvalue weighted by molar-refractivity contribution is 5.84. The van der Waals surface area contributed by atoms with Crippen molar-refractivity contribution < 1.29 is 5.21 Å². The smallest absolute Gasteiger partial charge is 0.0624 e. The van der Waals surface area contributed by atoms with Crippen LogP contribution in [0.5, 0.6) is 0 Å². The summed E-state index contributed by atoms with van der Waals surface area (Å²) in [5.74, 6) is 0.767. The van der Waals surface area contributed by atoms with E-state index in [0.717, 1.165) is 37.3 Å². The van der Waals surface area contributed by atoms with Crippen LogP contribution in [-0.4, -0.2) is 5.71 Å².